The molecule has 0 fully saturated rings. The lowest BCUT2D eigenvalue weighted by molar-refractivity contribution is -0.118. The first kappa shape index (κ1) is 13.7. The van der Waals surface area contributed by atoms with E-state index in [1.807, 2.05) is 12.1 Å². The van der Waals surface area contributed by atoms with Crippen LogP contribution in [-0.4, -0.2) is 12.5 Å². The molecule has 1 aromatic rings. The quantitative estimate of drug-likeness (QED) is 0.595. The summed E-state index contributed by atoms with van der Waals surface area (Å²) in [6.45, 7) is 0.335. The Labute approximate surface area is 129 Å². The van der Waals surface area contributed by atoms with Crippen LogP contribution in [0.2, 0.25) is 0 Å². The zero-order valence-electron chi connectivity index (χ0n) is 7.60. The molecule has 0 aromatic heterocycles. The van der Waals surface area contributed by atoms with Gasteiger partial charge in [-0.15, -0.1) is 0 Å². The van der Waals surface area contributed by atoms with Gasteiger partial charge in [0.1, 0.15) is 5.75 Å². The molecule has 1 aromatic carbocycles. The van der Waals surface area contributed by atoms with Crippen LogP contribution in [-0.2, 0) is 4.79 Å². The third-order valence-corrected chi connectivity index (χ3v) is 3.78. The topological polar surface area (TPSA) is 52.3 Å². The van der Waals surface area contributed by atoms with E-state index < -0.39 is 0 Å². The van der Waals surface area contributed by atoms with E-state index in [4.69, 9.17) is 10.5 Å². The van der Waals surface area contributed by atoms with Crippen molar-refractivity contribution in [2.75, 3.05) is 6.61 Å². The Morgan fingerprint density at radius 3 is 2.27 bits per heavy atom. The molecular formula is C9H8I3NO2. The molecule has 6 heteroatoms. The minimum atomic E-state index is -0.342. The van der Waals surface area contributed by atoms with E-state index in [0.29, 0.717) is 6.61 Å². The molecule has 0 saturated carbocycles. The van der Waals surface area contributed by atoms with Gasteiger partial charge in [-0.25, -0.2) is 0 Å². The van der Waals surface area contributed by atoms with Gasteiger partial charge in [0.2, 0.25) is 5.91 Å². The molecule has 0 aliphatic rings. The third-order valence-electron chi connectivity index (χ3n) is 1.56. The average molecular weight is 543 g/mol. The van der Waals surface area contributed by atoms with Crippen LogP contribution in [0.4, 0.5) is 0 Å². The number of rotatable bonds is 4. The number of amides is 1. The summed E-state index contributed by atoms with van der Waals surface area (Å²) in [5.74, 6) is 0.489. The molecule has 0 radical (unpaired) electrons. The van der Waals surface area contributed by atoms with Crippen molar-refractivity contribution in [2.45, 2.75) is 6.42 Å². The van der Waals surface area contributed by atoms with E-state index in [-0.39, 0.29) is 12.3 Å². The first-order valence-corrected chi connectivity index (χ1v) is 7.30. The molecule has 0 aliphatic heterocycles. The second-order valence-corrected chi connectivity index (χ2v) is 6.33. The Kier molecular flexibility index (Phi) is 5.89. The van der Waals surface area contributed by atoms with E-state index in [0.717, 1.165) is 12.9 Å². The maximum Gasteiger partial charge on any atom is 0.220 e. The minimum Gasteiger partial charge on any atom is -0.491 e. The lowest BCUT2D eigenvalue weighted by Gasteiger charge is -2.09. The van der Waals surface area contributed by atoms with Crippen LogP contribution in [0.15, 0.2) is 12.1 Å². The lowest BCUT2D eigenvalue weighted by atomic mass is 10.3. The van der Waals surface area contributed by atoms with Crippen molar-refractivity contribution < 1.29 is 9.53 Å². The highest BCUT2D eigenvalue weighted by Crippen LogP contribution is 2.29. The molecule has 0 heterocycles. The van der Waals surface area contributed by atoms with Crippen LogP contribution in [0.3, 0.4) is 0 Å². The van der Waals surface area contributed by atoms with Crippen LogP contribution >= 0.6 is 67.8 Å². The lowest BCUT2D eigenvalue weighted by Crippen LogP contribution is -2.15. The van der Waals surface area contributed by atoms with Gasteiger partial charge >= 0.3 is 0 Å². The van der Waals surface area contributed by atoms with Gasteiger partial charge < -0.3 is 10.5 Å². The average Bonchev–Trinajstić information content (AvgIpc) is 2.08. The van der Waals surface area contributed by atoms with Crippen molar-refractivity contribution in [3.8, 4) is 5.75 Å². The molecular weight excluding hydrogens is 535 g/mol. The molecule has 2 N–H and O–H groups in total. The third kappa shape index (κ3) is 4.59. The van der Waals surface area contributed by atoms with E-state index in [1.165, 1.54) is 3.57 Å². The van der Waals surface area contributed by atoms with Gasteiger partial charge in [0.05, 0.1) is 20.2 Å². The SMILES string of the molecule is NC(=O)CCOc1c(I)cc(I)cc1I. The fourth-order valence-electron chi connectivity index (χ4n) is 0.921. The summed E-state index contributed by atoms with van der Waals surface area (Å²) < 4.78 is 8.78. The summed E-state index contributed by atoms with van der Waals surface area (Å²) in [7, 11) is 0. The highest BCUT2D eigenvalue weighted by molar-refractivity contribution is 14.1. The molecule has 0 unspecified atom stereocenters. The number of hydrogen-bond donors (Lipinski definition) is 1. The van der Waals surface area contributed by atoms with Gasteiger partial charge in [0.25, 0.3) is 0 Å². The molecule has 82 valence electrons. The highest BCUT2D eigenvalue weighted by atomic mass is 127. The largest absolute Gasteiger partial charge is 0.491 e. The Balaban J connectivity index is 2.72. The Bertz CT molecular complexity index is 359. The van der Waals surface area contributed by atoms with Crippen molar-refractivity contribution >= 4 is 73.7 Å². The Hall–Kier alpha value is 0.680. The molecule has 3 nitrogen and oxygen atoms in total. The number of ether oxygens (including phenoxy) is 1. The number of primary amides is 1. The summed E-state index contributed by atoms with van der Waals surface area (Å²) >= 11 is 6.69. The van der Waals surface area contributed by atoms with Gasteiger partial charge in [-0.05, 0) is 79.9 Å². The van der Waals surface area contributed by atoms with Crippen LogP contribution in [0, 0.1) is 10.7 Å². The van der Waals surface area contributed by atoms with Crippen molar-refractivity contribution in [2.24, 2.45) is 5.73 Å². The van der Waals surface area contributed by atoms with E-state index in [9.17, 15) is 4.79 Å². The molecule has 0 atom stereocenters. The fraction of sp³-hybridized carbons (Fsp3) is 0.222. The standard InChI is InChI=1S/C9H8I3NO2/c10-5-3-6(11)9(7(12)4-5)15-2-1-8(13)14/h3-4H,1-2H2,(H2,13,14). The number of halogens is 3. The summed E-state index contributed by atoms with van der Waals surface area (Å²) in [6, 6.07) is 4.06. The number of carbonyl (C=O) groups is 1. The predicted octanol–water partition coefficient (Wildman–Crippen LogP) is 2.75. The van der Waals surface area contributed by atoms with Crippen LogP contribution in [0.5, 0.6) is 5.75 Å². The predicted molar refractivity (Wildman–Crippen MR) is 83.9 cm³/mol. The molecule has 0 saturated heterocycles. The molecule has 15 heavy (non-hydrogen) atoms. The van der Waals surface area contributed by atoms with E-state index in [1.54, 1.807) is 0 Å². The van der Waals surface area contributed by atoms with E-state index >= 15 is 0 Å². The highest BCUT2D eigenvalue weighted by Gasteiger charge is 2.08. The van der Waals surface area contributed by atoms with Crippen LogP contribution in [0.1, 0.15) is 6.42 Å². The van der Waals surface area contributed by atoms with Gasteiger partial charge in [-0.3, -0.25) is 4.79 Å². The second-order valence-electron chi connectivity index (χ2n) is 2.76. The minimum absolute atomic E-state index is 0.248. The van der Waals surface area contributed by atoms with Crippen molar-refractivity contribution in [1.82, 2.24) is 0 Å². The number of benzene rings is 1. The smallest absolute Gasteiger partial charge is 0.220 e. The fourth-order valence-corrected chi connectivity index (χ4v) is 4.81. The summed E-state index contributed by atoms with van der Waals surface area (Å²) in [4.78, 5) is 10.6. The number of hydrogen-bond acceptors (Lipinski definition) is 2. The normalized spacial score (nSPS) is 10.1. The monoisotopic (exact) mass is 543 g/mol. The first-order chi connectivity index (χ1) is 7.00. The van der Waals surface area contributed by atoms with Gasteiger partial charge in [0.15, 0.2) is 0 Å². The van der Waals surface area contributed by atoms with Crippen LogP contribution in [0.25, 0.3) is 0 Å². The number of nitrogens with two attached hydrogens (primary N) is 1. The Morgan fingerprint density at radius 1 is 1.27 bits per heavy atom. The first-order valence-electron chi connectivity index (χ1n) is 4.06. The van der Waals surface area contributed by atoms with Gasteiger partial charge in [-0.1, -0.05) is 0 Å². The zero-order chi connectivity index (χ0) is 11.4. The number of carbonyl (C=O) groups excluding carboxylic acids is 1. The summed E-state index contributed by atoms with van der Waals surface area (Å²) in [5, 5.41) is 0. The maximum absolute atomic E-state index is 10.6. The van der Waals surface area contributed by atoms with Gasteiger partial charge in [-0.2, -0.15) is 0 Å². The van der Waals surface area contributed by atoms with Gasteiger partial charge in [0, 0.05) is 3.57 Å². The molecule has 0 spiro atoms. The molecule has 1 rings (SSSR count). The Morgan fingerprint density at radius 2 is 1.80 bits per heavy atom. The van der Waals surface area contributed by atoms with Crippen molar-refractivity contribution in [1.29, 1.82) is 0 Å². The van der Waals surface area contributed by atoms with Crippen molar-refractivity contribution in [3.05, 3.63) is 22.8 Å². The molecule has 1 amide bonds. The summed E-state index contributed by atoms with van der Waals surface area (Å²) in [6.07, 6.45) is 0.248. The molecule has 0 bridgehead atoms. The summed E-state index contributed by atoms with van der Waals surface area (Å²) in [5.41, 5.74) is 5.03. The molecule has 0 aliphatic carbocycles. The van der Waals surface area contributed by atoms with Crippen molar-refractivity contribution in [3.63, 3.8) is 0 Å². The maximum atomic E-state index is 10.6. The zero-order valence-corrected chi connectivity index (χ0v) is 14.1. The van der Waals surface area contributed by atoms with E-state index in [2.05, 4.69) is 67.8 Å². The van der Waals surface area contributed by atoms with Crippen LogP contribution < -0.4 is 10.5 Å². The second kappa shape index (κ2) is 6.42.